The summed E-state index contributed by atoms with van der Waals surface area (Å²) in [6.45, 7) is 4.14. The summed E-state index contributed by atoms with van der Waals surface area (Å²) in [6, 6.07) is 19.3. The number of halogens is 2. The molecule has 33 heavy (non-hydrogen) atoms. The third-order valence-electron chi connectivity index (χ3n) is 5.76. The van der Waals surface area contributed by atoms with E-state index in [1.165, 1.54) is 0 Å². The second kappa shape index (κ2) is 9.00. The molecule has 5 nitrogen and oxygen atoms in total. The molecule has 0 saturated carbocycles. The second-order valence-corrected chi connectivity index (χ2v) is 8.66. The van der Waals surface area contributed by atoms with Crippen molar-refractivity contribution in [1.29, 1.82) is 0 Å². The van der Waals surface area contributed by atoms with Crippen LogP contribution in [0.25, 0.3) is 0 Å². The predicted molar refractivity (Wildman–Crippen MR) is 131 cm³/mol. The van der Waals surface area contributed by atoms with E-state index in [9.17, 15) is 0 Å². The number of hydrogen-bond donors (Lipinski definition) is 0. The molecule has 0 fully saturated rings. The minimum Gasteiger partial charge on any atom is -0.497 e. The van der Waals surface area contributed by atoms with Crippen molar-refractivity contribution in [2.24, 2.45) is 5.10 Å². The Kier molecular flexibility index (Phi) is 5.92. The van der Waals surface area contributed by atoms with Gasteiger partial charge < -0.3 is 14.2 Å². The average Bonchev–Trinajstić information content (AvgIpc) is 3.29. The summed E-state index contributed by atoms with van der Waals surface area (Å²) < 4.78 is 17.3. The Labute approximate surface area is 202 Å². The molecule has 2 atom stereocenters. The Bertz CT molecular complexity index is 1210. The number of nitrogens with zero attached hydrogens (tertiary/aromatic N) is 2. The summed E-state index contributed by atoms with van der Waals surface area (Å²) >= 11 is 12.9. The largest absolute Gasteiger partial charge is 0.497 e. The third kappa shape index (κ3) is 4.14. The molecule has 3 aromatic carbocycles. The molecule has 7 heteroatoms. The van der Waals surface area contributed by atoms with Gasteiger partial charge in [0, 0.05) is 22.6 Å². The summed E-state index contributed by atoms with van der Waals surface area (Å²) in [5, 5.41) is 8.03. The fourth-order valence-electron chi connectivity index (χ4n) is 4.18. The van der Waals surface area contributed by atoms with E-state index in [0.717, 1.165) is 33.9 Å². The van der Waals surface area contributed by atoms with Crippen LogP contribution in [-0.4, -0.2) is 24.4 Å². The third-order valence-corrected chi connectivity index (χ3v) is 6.26. The molecule has 0 saturated heterocycles. The van der Waals surface area contributed by atoms with Crippen LogP contribution in [-0.2, 0) is 0 Å². The smallest absolute Gasteiger partial charge is 0.213 e. The maximum Gasteiger partial charge on any atom is 0.213 e. The SMILES string of the molecule is C=CCOc1ccc([C@H]2Oc3c(Cl)cc(Cl)cc3[C@H]3CC(c4ccc(OC)cc4)=NN32)cc1. The van der Waals surface area contributed by atoms with E-state index in [1.54, 1.807) is 19.3 Å². The molecule has 168 valence electrons. The monoisotopic (exact) mass is 480 g/mol. The normalized spacial score (nSPS) is 18.6. The quantitative estimate of drug-likeness (QED) is 0.363. The first-order chi connectivity index (χ1) is 16.1. The maximum atomic E-state index is 6.55. The molecule has 0 unspecified atom stereocenters. The fraction of sp³-hybridized carbons (Fsp3) is 0.192. The number of benzene rings is 3. The van der Waals surface area contributed by atoms with Crippen molar-refractivity contribution in [1.82, 2.24) is 5.01 Å². The number of hydrogen-bond acceptors (Lipinski definition) is 5. The van der Waals surface area contributed by atoms with Gasteiger partial charge in [0.1, 0.15) is 23.9 Å². The van der Waals surface area contributed by atoms with Crippen LogP contribution in [0.2, 0.25) is 10.0 Å². The lowest BCUT2D eigenvalue weighted by Gasteiger charge is -2.38. The Balaban J connectivity index is 1.54. The van der Waals surface area contributed by atoms with Crippen LogP contribution < -0.4 is 14.2 Å². The lowest BCUT2D eigenvalue weighted by atomic mass is 9.96. The molecule has 0 N–H and O–H groups in total. The molecule has 2 aliphatic heterocycles. The van der Waals surface area contributed by atoms with Gasteiger partial charge >= 0.3 is 0 Å². The molecular weight excluding hydrogens is 459 g/mol. The predicted octanol–water partition coefficient (Wildman–Crippen LogP) is 6.81. The number of ether oxygens (including phenoxy) is 3. The molecule has 0 aliphatic carbocycles. The van der Waals surface area contributed by atoms with Crippen molar-refractivity contribution in [2.75, 3.05) is 13.7 Å². The van der Waals surface area contributed by atoms with E-state index in [2.05, 4.69) is 6.58 Å². The van der Waals surface area contributed by atoms with Crippen LogP contribution in [0.4, 0.5) is 0 Å². The van der Waals surface area contributed by atoms with E-state index in [-0.39, 0.29) is 6.04 Å². The van der Waals surface area contributed by atoms with Gasteiger partial charge in [-0.1, -0.05) is 35.9 Å². The Hall–Kier alpha value is -3.15. The summed E-state index contributed by atoms with van der Waals surface area (Å²) in [4.78, 5) is 0. The summed E-state index contributed by atoms with van der Waals surface area (Å²) in [5.74, 6) is 2.21. The van der Waals surface area contributed by atoms with Gasteiger partial charge in [-0.05, 0) is 66.2 Å². The first kappa shape index (κ1) is 21.7. The zero-order valence-corrected chi connectivity index (χ0v) is 19.5. The number of rotatable bonds is 6. The second-order valence-electron chi connectivity index (χ2n) is 7.82. The van der Waals surface area contributed by atoms with Gasteiger partial charge in [-0.2, -0.15) is 5.10 Å². The first-order valence-electron chi connectivity index (χ1n) is 10.6. The van der Waals surface area contributed by atoms with Gasteiger partial charge in [0.05, 0.1) is 23.9 Å². The highest BCUT2D eigenvalue weighted by Gasteiger charge is 2.42. The van der Waals surface area contributed by atoms with Crippen molar-refractivity contribution >= 4 is 28.9 Å². The number of hydrazone groups is 1. The highest BCUT2D eigenvalue weighted by Crippen LogP contribution is 2.50. The topological polar surface area (TPSA) is 43.3 Å². The molecular formula is C26H22Cl2N2O3. The highest BCUT2D eigenvalue weighted by molar-refractivity contribution is 6.35. The average molecular weight is 481 g/mol. The molecule has 2 heterocycles. The van der Waals surface area contributed by atoms with Gasteiger partial charge in [0.2, 0.25) is 6.23 Å². The zero-order chi connectivity index (χ0) is 22.9. The number of fused-ring (bicyclic) bond motifs is 3. The lowest BCUT2D eigenvalue weighted by molar-refractivity contribution is -0.0189. The van der Waals surface area contributed by atoms with Crippen molar-refractivity contribution in [3.05, 3.63) is 100 Å². The van der Waals surface area contributed by atoms with E-state index in [1.807, 2.05) is 59.6 Å². The lowest BCUT2D eigenvalue weighted by Crippen LogP contribution is -2.33. The van der Waals surface area contributed by atoms with E-state index in [0.29, 0.717) is 28.8 Å². The molecule has 2 aliphatic rings. The molecule has 0 bridgehead atoms. The van der Waals surface area contributed by atoms with Crippen LogP contribution in [0.5, 0.6) is 17.2 Å². The standard InChI is InChI=1S/C26H22Cl2N2O3/c1-3-12-32-20-10-6-17(7-11-20)26-30-24(21-13-18(27)14-22(28)25(21)33-26)15-23(29-30)16-4-8-19(31-2)9-5-16/h3-11,13-14,24,26H,1,12,15H2,2H3/t24-,26-/m1/s1. The van der Waals surface area contributed by atoms with Crippen molar-refractivity contribution < 1.29 is 14.2 Å². The van der Waals surface area contributed by atoms with Crippen LogP contribution in [0.15, 0.2) is 78.4 Å². The molecule has 5 rings (SSSR count). The van der Waals surface area contributed by atoms with Crippen molar-refractivity contribution in [3.63, 3.8) is 0 Å². The van der Waals surface area contributed by atoms with E-state index < -0.39 is 6.23 Å². The summed E-state index contributed by atoms with van der Waals surface area (Å²) in [5.41, 5.74) is 3.88. The van der Waals surface area contributed by atoms with Crippen LogP contribution in [0.1, 0.15) is 35.4 Å². The number of methoxy groups -OCH3 is 1. The van der Waals surface area contributed by atoms with Gasteiger partial charge in [-0.3, -0.25) is 0 Å². The molecule has 0 radical (unpaired) electrons. The van der Waals surface area contributed by atoms with Gasteiger partial charge in [-0.25, -0.2) is 5.01 Å². The minimum absolute atomic E-state index is 0.0521. The Morgan fingerprint density at radius 1 is 1.09 bits per heavy atom. The maximum absolute atomic E-state index is 6.55. The van der Waals surface area contributed by atoms with Crippen molar-refractivity contribution in [3.8, 4) is 17.2 Å². The highest BCUT2D eigenvalue weighted by atomic mass is 35.5. The molecule has 0 aromatic heterocycles. The summed E-state index contributed by atoms with van der Waals surface area (Å²) in [6.07, 6.45) is 1.98. The van der Waals surface area contributed by atoms with E-state index >= 15 is 0 Å². The Morgan fingerprint density at radius 2 is 1.82 bits per heavy atom. The van der Waals surface area contributed by atoms with Crippen LogP contribution >= 0.6 is 23.2 Å². The van der Waals surface area contributed by atoms with Crippen LogP contribution in [0, 0.1) is 0 Å². The van der Waals surface area contributed by atoms with Crippen LogP contribution in [0.3, 0.4) is 0 Å². The molecule has 0 spiro atoms. The van der Waals surface area contributed by atoms with Gasteiger partial charge in [0.15, 0.2) is 0 Å². The van der Waals surface area contributed by atoms with E-state index in [4.69, 9.17) is 42.5 Å². The first-order valence-corrected chi connectivity index (χ1v) is 11.3. The minimum atomic E-state index is -0.439. The van der Waals surface area contributed by atoms with Gasteiger partial charge in [-0.15, -0.1) is 0 Å². The van der Waals surface area contributed by atoms with Crippen molar-refractivity contribution in [2.45, 2.75) is 18.7 Å². The Morgan fingerprint density at radius 3 is 2.52 bits per heavy atom. The summed E-state index contributed by atoms with van der Waals surface area (Å²) in [7, 11) is 1.66. The van der Waals surface area contributed by atoms with Gasteiger partial charge in [0.25, 0.3) is 0 Å². The molecule has 3 aromatic rings. The zero-order valence-electron chi connectivity index (χ0n) is 18.0. The fourth-order valence-corrected chi connectivity index (χ4v) is 4.73. The molecule has 0 amide bonds.